The second kappa shape index (κ2) is 7.38. The number of nitrogens with one attached hydrogen (secondary N) is 1. The Morgan fingerprint density at radius 3 is 2.78 bits per heavy atom. The molecule has 1 aromatic carbocycles. The van der Waals surface area contributed by atoms with Crippen molar-refractivity contribution in [3.8, 4) is 0 Å². The lowest BCUT2D eigenvalue weighted by atomic mass is 10.1. The van der Waals surface area contributed by atoms with Gasteiger partial charge in [0, 0.05) is 18.2 Å². The number of hydrogen-bond donors (Lipinski definition) is 1. The van der Waals surface area contributed by atoms with Gasteiger partial charge in [0.25, 0.3) is 5.69 Å². The highest BCUT2D eigenvalue weighted by atomic mass is 32.2. The van der Waals surface area contributed by atoms with Crippen molar-refractivity contribution in [1.29, 1.82) is 0 Å². The van der Waals surface area contributed by atoms with E-state index in [1.807, 2.05) is 24.8 Å². The van der Waals surface area contributed by atoms with E-state index in [1.54, 1.807) is 12.1 Å². The van der Waals surface area contributed by atoms with Crippen LogP contribution in [0.5, 0.6) is 0 Å². The second-order valence-electron chi connectivity index (χ2n) is 4.54. The molecule has 0 aromatic heterocycles. The highest BCUT2D eigenvalue weighted by Gasteiger charge is 2.11. The van der Waals surface area contributed by atoms with E-state index in [-0.39, 0.29) is 16.7 Å². The number of benzene rings is 1. The number of hydrogen-bond acceptors (Lipinski definition) is 4. The number of nitro groups is 1. The molecular weight excluding hydrogens is 248 g/mol. The average Bonchev–Trinajstić information content (AvgIpc) is 2.36. The van der Waals surface area contributed by atoms with E-state index < -0.39 is 0 Å². The SMILES string of the molecule is CSCC(C)CNC(C)c1cccc([N+](=O)[O-])c1. The van der Waals surface area contributed by atoms with Gasteiger partial charge >= 0.3 is 0 Å². The van der Waals surface area contributed by atoms with E-state index in [1.165, 1.54) is 6.07 Å². The number of rotatable bonds is 7. The summed E-state index contributed by atoms with van der Waals surface area (Å²) < 4.78 is 0. The molecule has 4 nitrogen and oxygen atoms in total. The Bertz CT molecular complexity index is 398. The van der Waals surface area contributed by atoms with Gasteiger partial charge in [-0.25, -0.2) is 0 Å². The fraction of sp³-hybridized carbons (Fsp3) is 0.538. The lowest BCUT2D eigenvalue weighted by Crippen LogP contribution is -2.25. The van der Waals surface area contributed by atoms with Crippen LogP contribution in [0, 0.1) is 16.0 Å². The standard InChI is InChI=1S/C13H20N2O2S/c1-10(9-18-3)8-14-11(2)12-5-4-6-13(7-12)15(16)17/h4-7,10-11,14H,8-9H2,1-3H3. The monoisotopic (exact) mass is 268 g/mol. The smallest absolute Gasteiger partial charge is 0.269 e. The van der Waals surface area contributed by atoms with Gasteiger partial charge in [-0.3, -0.25) is 10.1 Å². The molecule has 0 bridgehead atoms. The number of non-ortho nitro benzene ring substituents is 1. The fourth-order valence-electron chi connectivity index (χ4n) is 1.75. The summed E-state index contributed by atoms with van der Waals surface area (Å²) in [6, 6.07) is 6.94. The van der Waals surface area contributed by atoms with Crippen molar-refractivity contribution >= 4 is 17.4 Å². The third kappa shape index (κ3) is 4.66. The molecule has 0 saturated heterocycles. The molecular formula is C13H20N2O2S. The zero-order valence-electron chi connectivity index (χ0n) is 11.1. The Morgan fingerprint density at radius 1 is 1.44 bits per heavy atom. The molecule has 0 aliphatic carbocycles. The summed E-state index contributed by atoms with van der Waals surface area (Å²) in [5.41, 5.74) is 1.11. The van der Waals surface area contributed by atoms with Gasteiger partial charge in [0.15, 0.2) is 0 Å². The molecule has 0 amide bonds. The first kappa shape index (κ1) is 15.0. The Hall–Kier alpha value is -1.07. The summed E-state index contributed by atoms with van der Waals surface area (Å²) in [7, 11) is 0. The Kier molecular flexibility index (Phi) is 6.15. The zero-order chi connectivity index (χ0) is 13.5. The highest BCUT2D eigenvalue weighted by Crippen LogP contribution is 2.19. The van der Waals surface area contributed by atoms with Crippen LogP contribution < -0.4 is 5.32 Å². The van der Waals surface area contributed by atoms with Crippen molar-refractivity contribution < 1.29 is 4.92 Å². The molecule has 0 spiro atoms. The Labute approximate surface area is 112 Å². The molecule has 0 aliphatic rings. The van der Waals surface area contributed by atoms with Crippen LogP contribution in [0.25, 0.3) is 0 Å². The van der Waals surface area contributed by atoms with Crippen molar-refractivity contribution in [2.75, 3.05) is 18.6 Å². The second-order valence-corrected chi connectivity index (χ2v) is 5.45. The summed E-state index contributed by atoms with van der Waals surface area (Å²) in [5.74, 6) is 1.72. The number of thioether (sulfide) groups is 1. The lowest BCUT2D eigenvalue weighted by Gasteiger charge is -2.17. The molecule has 18 heavy (non-hydrogen) atoms. The largest absolute Gasteiger partial charge is 0.310 e. The summed E-state index contributed by atoms with van der Waals surface area (Å²) in [6.07, 6.45) is 2.10. The maximum absolute atomic E-state index is 10.7. The van der Waals surface area contributed by atoms with Gasteiger partial charge in [-0.2, -0.15) is 11.8 Å². The Balaban J connectivity index is 2.58. The lowest BCUT2D eigenvalue weighted by molar-refractivity contribution is -0.384. The van der Waals surface area contributed by atoms with Crippen molar-refractivity contribution in [3.63, 3.8) is 0 Å². The van der Waals surface area contributed by atoms with Crippen LogP contribution in [0.3, 0.4) is 0 Å². The van der Waals surface area contributed by atoms with E-state index in [0.717, 1.165) is 17.9 Å². The van der Waals surface area contributed by atoms with Crippen molar-refractivity contribution in [1.82, 2.24) is 5.32 Å². The molecule has 0 radical (unpaired) electrons. The van der Waals surface area contributed by atoms with Crippen LogP contribution in [-0.4, -0.2) is 23.5 Å². The minimum atomic E-state index is -0.355. The molecule has 0 fully saturated rings. The van der Waals surface area contributed by atoms with Gasteiger partial charge in [-0.15, -0.1) is 0 Å². The topological polar surface area (TPSA) is 55.2 Å². The molecule has 5 heteroatoms. The summed E-state index contributed by atoms with van der Waals surface area (Å²) >= 11 is 1.83. The first-order valence-corrected chi connectivity index (χ1v) is 7.40. The molecule has 1 aromatic rings. The quantitative estimate of drug-likeness (QED) is 0.609. The van der Waals surface area contributed by atoms with Crippen LogP contribution in [-0.2, 0) is 0 Å². The van der Waals surface area contributed by atoms with E-state index in [2.05, 4.69) is 18.5 Å². The van der Waals surface area contributed by atoms with Gasteiger partial charge in [-0.1, -0.05) is 19.1 Å². The minimum absolute atomic E-state index is 0.134. The van der Waals surface area contributed by atoms with Crippen molar-refractivity contribution in [3.05, 3.63) is 39.9 Å². The molecule has 0 heterocycles. The first-order chi connectivity index (χ1) is 8.54. The number of nitrogens with zero attached hydrogens (tertiary/aromatic N) is 1. The summed E-state index contributed by atoms with van der Waals surface area (Å²) in [5, 5.41) is 14.1. The third-order valence-electron chi connectivity index (χ3n) is 2.80. The molecule has 0 saturated carbocycles. The van der Waals surface area contributed by atoms with Gasteiger partial charge < -0.3 is 5.32 Å². The Morgan fingerprint density at radius 2 is 2.17 bits per heavy atom. The fourth-order valence-corrected chi connectivity index (χ4v) is 2.43. The number of nitro benzene ring substituents is 1. The molecule has 1 rings (SSSR count). The van der Waals surface area contributed by atoms with Crippen LogP contribution in [0.4, 0.5) is 5.69 Å². The third-order valence-corrected chi connectivity index (χ3v) is 3.71. The predicted octanol–water partition coefficient (Wildman–Crippen LogP) is 3.24. The van der Waals surface area contributed by atoms with Gasteiger partial charge in [0.1, 0.15) is 0 Å². The van der Waals surface area contributed by atoms with E-state index in [0.29, 0.717) is 5.92 Å². The van der Waals surface area contributed by atoms with Crippen LogP contribution in [0.2, 0.25) is 0 Å². The summed E-state index contributed by atoms with van der Waals surface area (Å²) in [6.45, 7) is 5.15. The normalized spacial score (nSPS) is 14.2. The maximum Gasteiger partial charge on any atom is 0.269 e. The van der Waals surface area contributed by atoms with E-state index >= 15 is 0 Å². The van der Waals surface area contributed by atoms with Crippen LogP contribution in [0.1, 0.15) is 25.5 Å². The van der Waals surface area contributed by atoms with Gasteiger partial charge in [0.05, 0.1) is 4.92 Å². The molecule has 0 aliphatic heterocycles. The van der Waals surface area contributed by atoms with Gasteiger partial charge in [-0.05, 0) is 37.0 Å². The van der Waals surface area contributed by atoms with E-state index in [4.69, 9.17) is 0 Å². The predicted molar refractivity (Wildman–Crippen MR) is 77.1 cm³/mol. The minimum Gasteiger partial charge on any atom is -0.310 e. The first-order valence-electron chi connectivity index (χ1n) is 6.01. The molecule has 2 unspecified atom stereocenters. The molecule has 1 N–H and O–H groups in total. The van der Waals surface area contributed by atoms with Crippen molar-refractivity contribution in [2.45, 2.75) is 19.9 Å². The van der Waals surface area contributed by atoms with Crippen molar-refractivity contribution in [2.24, 2.45) is 5.92 Å². The van der Waals surface area contributed by atoms with Gasteiger partial charge in [0.2, 0.25) is 0 Å². The summed E-state index contributed by atoms with van der Waals surface area (Å²) in [4.78, 5) is 10.4. The van der Waals surface area contributed by atoms with Crippen LogP contribution >= 0.6 is 11.8 Å². The maximum atomic E-state index is 10.7. The van der Waals surface area contributed by atoms with Crippen LogP contribution in [0.15, 0.2) is 24.3 Å². The molecule has 100 valence electrons. The zero-order valence-corrected chi connectivity index (χ0v) is 11.9. The molecule has 2 atom stereocenters. The van der Waals surface area contributed by atoms with E-state index in [9.17, 15) is 10.1 Å². The highest BCUT2D eigenvalue weighted by molar-refractivity contribution is 7.98. The average molecular weight is 268 g/mol.